The van der Waals surface area contributed by atoms with Crippen molar-refractivity contribution in [2.75, 3.05) is 53.3 Å². The number of alkyl halides is 1. The number of nitrogens with zero attached hydrogens (tertiary/aromatic N) is 2. The number of carbonyl (C=O) groups is 2. The molecule has 0 aromatic rings. The molecular weight excluding hydrogens is 447 g/mol. The number of hydrogen-bond donors (Lipinski definition) is 2. The van der Waals surface area contributed by atoms with E-state index in [-0.39, 0.29) is 23.1 Å². The molecule has 2 rings (SSSR count). The number of likely N-dealkylation sites (N-methyl/N-ethyl adjacent to an activating group) is 1. The highest BCUT2D eigenvalue weighted by Gasteiger charge is 2.25. The highest BCUT2D eigenvalue weighted by atomic mass is 32.2. The standard InChI is InChI=1S/C18H28N4O2S.C4H8O2.CH3F/c1-13(12-24-14(2)19)18(23)20-16-11-15(5-6-17(16)25-4)22-9-7-21(3)8-10-22;1-2-3-6-4-5;1-2/h5-6,11-12,16-17H,2,7-10,19H2,1,3-4H3,(H,20,23);4H,2-3H2,1H3;1H3/b13-12+;;. The van der Waals surface area contributed by atoms with Crippen molar-refractivity contribution in [2.24, 2.45) is 5.73 Å². The van der Waals surface area contributed by atoms with Crippen LogP contribution in [0.3, 0.4) is 0 Å². The lowest BCUT2D eigenvalue weighted by molar-refractivity contribution is -0.128. The summed E-state index contributed by atoms with van der Waals surface area (Å²) in [6.07, 6.45) is 10.8. The summed E-state index contributed by atoms with van der Waals surface area (Å²) >= 11 is 1.72. The van der Waals surface area contributed by atoms with Crippen molar-refractivity contribution in [3.63, 3.8) is 0 Å². The summed E-state index contributed by atoms with van der Waals surface area (Å²) in [6.45, 7) is 12.2. The van der Waals surface area contributed by atoms with Crippen molar-refractivity contribution in [3.8, 4) is 0 Å². The summed E-state index contributed by atoms with van der Waals surface area (Å²) in [6, 6.07) is -0.0633. The van der Waals surface area contributed by atoms with Gasteiger partial charge in [-0.05, 0) is 45.4 Å². The van der Waals surface area contributed by atoms with E-state index < -0.39 is 0 Å². The zero-order valence-electron chi connectivity index (χ0n) is 20.4. The molecule has 1 heterocycles. The van der Waals surface area contributed by atoms with E-state index in [1.807, 2.05) is 13.2 Å². The molecule has 188 valence electrons. The first-order valence-electron chi connectivity index (χ1n) is 10.7. The summed E-state index contributed by atoms with van der Waals surface area (Å²) in [7, 11) is 2.64. The van der Waals surface area contributed by atoms with Crippen LogP contribution in [0.15, 0.2) is 48.2 Å². The molecule has 1 saturated heterocycles. The molecule has 2 atom stereocenters. The van der Waals surface area contributed by atoms with E-state index >= 15 is 0 Å². The van der Waals surface area contributed by atoms with Crippen LogP contribution in [0.4, 0.5) is 4.39 Å². The molecule has 1 aliphatic heterocycles. The number of amides is 1. The third kappa shape index (κ3) is 12.4. The molecule has 0 saturated carbocycles. The normalized spacial score (nSPS) is 20.2. The second-order valence-corrected chi connectivity index (χ2v) is 8.31. The average molecular weight is 487 g/mol. The minimum atomic E-state index is -0.172. The topological polar surface area (TPSA) is 97.1 Å². The second-order valence-electron chi connectivity index (χ2n) is 7.29. The first kappa shape index (κ1) is 30.5. The predicted molar refractivity (Wildman–Crippen MR) is 133 cm³/mol. The number of hydrogen-bond acceptors (Lipinski definition) is 8. The Hall–Kier alpha value is -2.46. The van der Waals surface area contributed by atoms with Crippen molar-refractivity contribution in [1.82, 2.24) is 15.1 Å². The molecule has 0 spiro atoms. The highest BCUT2D eigenvalue weighted by molar-refractivity contribution is 7.99. The van der Waals surface area contributed by atoms with E-state index in [4.69, 9.17) is 10.5 Å². The van der Waals surface area contributed by atoms with Gasteiger partial charge >= 0.3 is 0 Å². The van der Waals surface area contributed by atoms with Crippen LogP contribution in [0.2, 0.25) is 0 Å². The van der Waals surface area contributed by atoms with Crippen molar-refractivity contribution in [3.05, 3.63) is 48.2 Å². The van der Waals surface area contributed by atoms with Crippen molar-refractivity contribution >= 4 is 24.1 Å². The van der Waals surface area contributed by atoms with Gasteiger partial charge in [-0.1, -0.05) is 13.0 Å². The third-order valence-electron chi connectivity index (χ3n) is 4.73. The number of rotatable bonds is 9. The average Bonchev–Trinajstić information content (AvgIpc) is 2.83. The maximum atomic E-state index is 12.4. The Bertz CT molecular complexity index is 692. The Labute approximate surface area is 201 Å². The summed E-state index contributed by atoms with van der Waals surface area (Å²) in [4.78, 5) is 26.4. The Morgan fingerprint density at radius 2 is 2.00 bits per heavy atom. The molecule has 0 aromatic heterocycles. The van der Waals surface area contributed by atoms with Gasteiger partial charge < -0.3 is 30.3 Å². The molecule has 8 nitrogen and oxygen atoms in total. The molecule has 2 unspecified atom stereocenters. The maximum Gasteiger partial charge on any atom is 0.293 e. The van der Waals surface area contributed by atoms with E-state index in [1.165, 1.54) is 12.0 Å². The fraction of sp³-hybridized carbons (Fsp3) is 0.565. The molecule has 10 heteroatoms. The molecule has 1 fully saturated rings. The monoisotopic (exact) mass is 486 g/mol. The largest absolute Gasteiger partial charge is 0.468 e. The minimum Gasteiger partial charge on any atom is -0.468 e. The number of ether oxygens (including phenoxy) is 2. The molecule has 33 heavy (non-hydrogen) atoms. The van der Waals surface area contributed by atoms with Crippen LogP contribution in [0, 0.1) is 0 Å². The first-order chi connectivity index (χ1) is 15.8. The smallest absolute Gasteiger partial charge is 0.293 e. The fourth-order valence-electron chi connectivity index (χ4n) is 2.92. The van der Waals surface area contributed by atoms with Crippen molar-refractivity contribution in [2.45, 2.75) is 31.6 Å². The van der Waals surface area contributed by atoms with Gasteiger partial charge in [0.2, 0.25) is 0 Å². The third-order valence-corrected chi connectivity index (χ3v) is 5.73. The van der Waals surface area contributed by atoms with Crippen molar-refractivity contribution < 1.29 is 23.5 Å². The molecule has 2 aliphatic rings. The second kappa shape index (κ2) is 18.0. The van der Waals surface area contributed by atoms with Gasteiger partial charge in [0.1, 0.15) is 6.26 Å². The predicted octanol–water partition coefficient (Wildman–Crippen LogP) is 2.41. The summed E-state index contributed by atoms with van der Waals surface area (Å²) < 4.78 is 18.8. The number of nitrogens with two attached hydrogens (primary N) is 1. The zero-order chi connectivity index (χ0) is 25.2. The number of halogens is 1. The first-order valence-corrected chi connectivity index (χ1v) is 12.0. The van der Waals surface area contributed by atoms with E-state index in [9.17, 15) is 14.0 Å². The van der Waals surface area contributed by atoms with Crippen LogP contribution in [0.5, 0.6) is 0 Å². The van der Waals surface area contributed by atoms with E-state index in [2.05, 4.69) is 51.7 Å². The quantitative estimate of drug-likeness (QED) is 0.222. The molecular formula is C23H39FN4O4S. The zero-order valence-corrected chi connectivity index (χ0v) is 21.2. The van der Waals surface area contributed by atoms with Gasteiger partial charge in [-0.2, -0.15) is 11.8 Å². The Morgan fingerprint density at radius 3 is 2.48 bits per heavy atom. The van der Waals surface area contributed by atoms with Crippen LogP contribution in [-0.4, -0.2) is 86.7 Å². The van der Waals surface area contributed by atoms with Gasteiger partial charge in [0.05, 0.1) is 19.8 Å². The maximum absolute atomic E-state index is 12.4. The van der Waals surface area contributed by atoms with Crippen LogP contribution in [0.1, 0.15) is 20.3 Å². The molecule has 3 N–H and O–H groups in total. The lowest BCUT2D eigenvalue weighted by Gasteiger charge is -2.37. The van der Waals surface area contributed by atoms with Gasteiger partial charge in [0, 0.05) is 42.7 Å². The Kier molecular flexibility index (Phi) is 16.7. The minimum absolute atomic E-state index is 0.0620. The van der Waals surface area contributed by atoms with Crippen LogP contribution in [0.25, 0.3) is 0 Å². The van der Waals surface area contributed by atoms with Crippen LogP contribution < -0.4 is 11.1 Å². The van der Waals surface area contributed by atoms with E-state index in [0.717, 1.165) is 32.6 Å². The van der Waals surface area contributed by atoms with Gasteiger partial charge in [-0.25, -0.2) is 0 Å². The van der Waals surface area contributed by atoms with Crippen LogP contribution in [-0.2, 0) is 19.1 Å². The van der Waals surface area contributed by atoms with Gasteiger partial charge in [-0.3, -0.25) is 14.0 Å². The van der Waals surface area contributed by atoms with E-state index in [0.29, 0.717) is 25.8 Å². The number of thioether (sulfide) groups is 1. The number of allylic oxidation sites excluding steroid dienone is 1. The molecule has 0 radical (unpaired) electrons. The highest BCUT2D eigenvalue weighted by Crippen LogP contribution is 2.23. The van der Waals surface area contributed by atoms with Gasteiger partial charge in [0.15, 0.2) is 5.88 Å². The number of carbonyl (C=O) groups excluding carboxylic acids is 2. The van der Waals surface area contributed by atoms with Crippen LogP contribution >= 0.6 is 11.8 Å². The molecule has 1 amide bonds. The van der Waals surface area contributed by atoms with Crippen molar-refractivity contribution in [1.29, 1.82) is 0 Å². The van der Waals surface area contributed by atoms with Gasteiger partial charge in [0.25, 0.3) is 12.4 Å². The lowest BCUT2D eigenvalue weighted by Crippen LogP contribution is -2.46. The van der Waals surface area contributed by atoms with Gasteiger partial charge in [-0.15, -0.1) is 0 Å². The summed E-state index contributed by atoms with van der Waals surface area (Å²) in [5, 5.41) is 3.28. The Balaban J connectivity index is 0.00000111. The summed E-state index contributed by atoms with van der Waals surface area (Å²) in [5.74, 6) is -0.110. The summed E-state index contributed by atoms with van der Waals surface area (Å²) in [5.41, 5.74) is 6.99. The molecule has 1 aliphatic carbocycles. The fourth-order valence-corrected chi connectivity index (χ4v) is 3.60. The number of piperazine rings is 1. The molecule has 0 bridgehead atoms. The Morgan fingerprint density at radius 1 is 1.36 bits per heavy atom. The number of nitrogens with one attached hydrogen (secondary N) is 1. The lowest BCUT2D eigenvalue weighted by atomic mass is 10.0. The van der Waals surface area contributed by atoms with E-state index in [1.54, 1.807) is 18.7 Å². The SMILES string of the molecule is C=C(N)O/C=C(\C)C(=O)NC1C=C(N2CCN(C)CC2)C=CC1SC.CCCOC=O.CF. The molecule has 0 aromatic carbocycles.